The molecule has 2 rings (SSSR count). The van der Waals surface area contributed by atoms with Crippen molar-refractivity contribution in [2.75, 3.05) is 20.0 Å². The summed E-state index contributed by atoms with van der Waals surface area (Å²) in [5.41, 5.74) is 11.1. The van der Waals surface area contributed by atoms with Crippen LogP contribution in [0.5, 0.6) is 17.2 Å². The highest BCUT2D eigenvalue weighted by Crippen LogP contribution is 2.31. The predicted octanol–water partition coefficient (Wildman–Crippen LogP) is 4.29. The number of phenols is 1. The summed E-state index contributed by atoms with van der Waals surface area (Å²) >= 11 is 0. The van der Waals surface area contributed by atoms with Gasteiger partial charge >= 0.3 is 0 Å². The van der Waals surface area contributed by atoms with Crippen molar-refractivity contribution < 1.29 is 14.6 Å². The van der Waals surface area contributed by atoms with Crippen molar-refractivity contribution in [3.63, 3.8) is 0 Å². The molecule has 0 radical (unpaired) electrons. The first-order valence-corrected chi connectivity index (χ1v) is 8.39. The number of hydrogen-bond donors (Lipinski definition) is 2. The first-order valence-electron chi connectivity index (χ1n) is 8.39. The Morgan fingerprint density at radius 2 is 1.76 bits per heavy atom. The molecule has 25 heavy (non-hydrogen) atoms. The fraction of sp³-hybridized carbons (Fsp3) is 0.333. The molecule has 0 aliphatic heterocycles. The van der Waals surface area contributed by atoms with Crippen LogP contribution < -0.4 is 15.2 Å². The number of rotatable bonds is 7. The van der Waals surface area contributed by atoms with E-state index >= 15 is 0 Å². The minimum atomic E-state index is 0.225. The van der Waals surface area contributed by atoms with Crippen LogP contribution in [-0.4, -0.2) is 19.3 Å². The van der Waals surface area contributed by atoms with Crippen LogP contribution in [0, 0.1) is 0 Å². The van der Waals surface area contributed by atoms with E-state index in [0.717, 1.165) is 41.7 Å². The van der Waals surface area contributed by atoms with Crippen LogP contribution in [0.4, 0.5) is 5.69 Å². The van der Waals surface area contributed by atoms with Crippen molar-refractivity contribution in [2.24, 2.45) is 0 Å². The number of nitrogens with two attached hydrogens (primary N) is 1. The minimum Gasteiger partial charge on any atom is -0.508 e. The van der Waals surface area contributed by atoms with Crippen LogP contribution in [0.1, 0.15) is 30.5 Å². The quantitative estimate of drug-likeness (QED) is 0.582. The molecular weight excluding hydrogens is 314 g/mol. The Kier molecular flexibility index (Phi) is 6.34. The zero-order valence-corrected chi connectivity index (χ0v) is 15.4. The lowest BCUT2D eigenvalue weighted by Crippen LogP contribution is -2.01. The minimum absolute atomic E-state index is 0.225. The summed E-state index contributed by atoms with van der Waals surface area (Å²) in [7, 11) is 3.25. The normalized spacial score (nSPS) is 10.4. The molecule has 0 saturated carbocycles. The number of allylic oxidation sites excluding steroid dienone is 2. The maximum atomic E-state index is 10.0. The topological polar surface area (TPSA) is 64.7 Å². The number of phenolic OH excluding ortho intramolecular Hbond substituents is 1. The number of aryl methyl sites for hydroxylation is 2. The number of methoxy groups -OCH3 is 2. The molecule has 0 saturated heterocycles. The SMILES string of the molecule is COc1cc(CCc2cc(O)cc(OC)c2CC=C(C)C)ccc1N. The fourth-order valence-corrected chi connectivity index (χ4v) is 2.82. The average molecular weight is 341 g/mol. The van der Waals surface area contributed by atoms with Gasteiger partial charge in [0.05, 0.1) is 19.9 Å². The van der Waals surface area contributed by atoms with Gasteiger partial charge in [-0.15, -0.1) is 0 Å². The van der Waals surface area contributed by atoms with E-state index < -0.39 is 0 Å². The van der Waals surface area contributed by atoms with Gasteiger partial charge in [0.25, 0.3) is 0 Å². The van der Waals surface area contributed by atoms with Gasteiger partial charge < -0.3 is 20.3 Å². The number of hydrogen-bond acceptors (Lipinski definition) is 4. The summed E-state index contributed by atoms with van der Waals surface area (Å²) in [4.78, 5) is 0. The molecule has 0 atom stereocenters. The zero-order chi connectivity index (χ0) is 18.4. The summed E-state index contributed by atoms with van der Waals surface area (Å²) in [6, 6.07) is 9.33. The van der Waals surface area contributed by atoms with Crippen LogP contribution in [0.2, 0.25) is 0 Å². The second kappa shape index (κ2) is 8.47. The van der Waals surface area contributed by atoms with Crippen LogP contribution in [0.25, 0.3) is 0 Å². The molecule has 0 aliphatic carbocycles. The summed E-state index contributed by atoms with van der Waals surface area (Å²) in [6.07, 6.45) is 4.58. The van der Waals surface area contributed by atoms with Crippen LogP contribution >= 0.6 is 0 Å². The number of anilines is 1. The number of aromatic hydroxyl groups is 1. The first kappa shape index (κ1) is 18.7. The van der Waals surface area contributed by atoms with Gasteiger partial charge in [0.2, 0.25) is 0 Å². The van der Waals surface area contributed by atoms with E-state index in [1.807, 2.05) is 24.3 Å². The summed E-state index contributed by atoms with van der Waals surface area (Å²) < 4.78 is 10.8. The Balaban J connectivity index is 2.28. The first-order chi connectivity index (χ1) is 11.9. The Labute approximate surface area is 149 Å². The Hall–Kier alpha value is -2.62. The summed E-state index contributed by atoms with van der Waals surface area (Å²) in [6.45, 7) is 4.15. The van der Waals surface area contributed by atoms with Crippen molar-refractivity contribution in [1.29, 1.82) is 0 Å². The van der Waals surface area contributed by atoms with Gasteiger partial charge in [-0.2, -0.15) is 0 Å². The van der Waals surface area contributed by atoms with Gasteiger partial charge in [0.15, 0.2) is 0 Å². The van der Waals surface area contributed by atoms with Crippen molar-refractivity contribution in [3.05, 3.63) is 58.7 Å². The largest absolute Gasteiger partial charge is 0.508 e. The third-order valence-electron chi connectivity index (χ3n) is 4.20. The second-order valence-electron chi connectivity index (χ2n) is 6.35. The molecule has 0 spiro atoms. The van der Waals surface area contributed by atoms with Crippen molar-refractivity contribution in [1.82, 2.24) is 0 Å². The molecular formula is C21H27NO3. The van der Waals surface area contributed by atoms with Crippen LogP contribution in [0.3, 0.4) is 0 Å². The smallest absolute Gasteiger partial charge is 0.142 e. The molecule has 0 aromatic heterocycles. The van der Waals surface area contributed by atoms with Crippen LogP contribution in [0.15, 0.2) is 42.0 Å². The monoisotopic (exact) mass is 341 g/mol. The maximum absolute atomic E-state index is 10.0. The number of nitrogen functional groups attached to an aromatic ring is 1. The van der Waals surface area contributed by atoms with E-state index in [2.05, 4.69) is 19.9 Å². The average Bonchev–Trinajstić information content (AvgIpc) is 2.59. The molecule has 0 heterocycles. The van der Waals surface area contributed by atoms with Gasteiger partial charge in [-0.05, 0) is 62.4 Å². The number of benzene rings is 2. The van der Waals surface area contributed by atoms with E-state index in [1.54, 1.807) is 20.3 Å². The Bertz CT molecular complexity index is 762. The molecule has 2 aromatic carbocycles. The van der Waals surface area contributed by atoms with Crippen molar-refractivity contribution in [2.45, 2.75) is 33.1 Å². The van der Waals surface area contributed by atoms with E-state index in [9.17, 15) is 5.11 Å². The highest BCUT2D eigenvalue weighted by molar-refractivity contribution is 5.54. The third kappa shape index (κ3) is 4.92. The lowest BCUT2D eigenvalue weighted by molar-refractivity contribution is 0.402. The van der Waals surface area contributed by atoms with Crippen molar-refractivity contribution >= 4 is 5.69 Å². The van der Waals surface area contributed by atoms with E-state index in [0.29, 0.717) is 11.4 Å². The summed E-state index contributed by atoms with van der Waals surface area (Å²) in [5, 5.41) is 10.0. The van der Waals surface area contributed by atoms with Gasteiger partial charge in [0, 0.05) is 11.6 Å². The molecule has 4 heteroatoms. The Morgan fingerprint density at radius 1 is 1.04 bits per heavy atom. The molecule has 0 bridgehead atoms. The number of ether oxygens (including phenoxy) is 2. The second-order valence-corrected chi connectivity index (χ2v) is 6.35. The van der Waals surface area contributed by atoms with Gasteiger partial charge in [-0.25, -0.2) is 0 Å². The van der Waals surface area contributed by atoms with Crippen molar-refractivity contribution in [3.8, 4) is 17.2 Å². The molecule has 134 valence electrons. The highest BCUT2D eigenvalue weighted by Gasteiger charge is 2.11. The molecule has 0 amide bonds. The van der Waals surface area contributed by atoms with Gasteiger partial charge in [-0.1, -0.05) is 17.7 Å². The molecule has 4 nitrogen and oxygen atoms in total. The summed E-state index contributed by atoms with van der Waals surface area (Å²) in [5.74, 6) is 1.64. The molecule has 0 fully saturated rings. The van der Waals surface area contributed by atoms with E-state index in [-0.39, 0.29) is 5.75 Å². The standard InChI is InChI=1S/C21H27NO3/c1-14(2)5-9-18-16(12-17(23)13-20(18)24-3)8-6-15-7-10-19(22)21(11-15)25-4/h5,7,10-13,23H,6,8-9,22H2,1-4H3. The zero-order valence-electron chi connectivity index (χ0n) is 15.4. The molecule has 2 aromatic rings. The predicted molar refractivity (Wildman–Crippen MR) is 103 cm³/mol. The lowest BCUT2D eigenvalue weighted by Gasteiger charge is -2.14. The van der Waals surface area contributed by atoms with Crippen LogP contribution in [-0.2, 0) is 19.3 Å². The molecule has 0 unspecified atom stereocenters. The van der Waals surface area contributed by atoms with E-state index in [1.165, 1.54) is 5.57 Å². The highest BCUT2D eigenvalue weighted by atomic mass is 16.5. The van der Waals surface area contributed by atoms with E-state index in [4.69, 9.17) is 15.2 Å². The fourth-order valence-electron chi connectivity index (χ4n) is 2.82. The molecule has 0 aliphatic rings. The lowest BCUT2D eigenvalue weighted by atomic mass is 9.96. The third-order valence-corrected chi connectivity index (χ3v) is 4.20. The molecule has 3 N–H and O–H groups in total. The maximum Gasteiger partial charge on any atom is 0.142 e. The Morgan fingerprint density at radius 3 is 2.40 bits per heavy atom. The van der Waals surface area contributed by atoms with Gasteiger partial charge in [0.1, 0.15) is 17.2 Å². The van der Waals surface area contributed by atoms with Gasteiger partial charge in [-0.3, -0.25) is 0 Å².